The molecule has 2 aromatic rings. The van der Waals surface area contributed by atoms with Gasteiger partial charge in [-0.1, -0.05) is 0 Å². The summed E-state index contributed by atoms with van der Waals surface area (Å²) in [7, 11) is 1.38. The minimum absolute atomic E-state index is 0.152. The first-order valence-corrected chi connectivity index (χ1v) is 6.61. The zero-order valence-corrected chi connectivity index (χ0v) is 12.0. The summed E-state index contributed by atoms with van der Waals surface area (Å²) in [5, 5.41) is 7.64. The molecule has 1 heterocycles. The fourth-order valence-corrected chi connectivity index (χ4v) is 1.93. The van der Waals surface area contributed by atoms with E-state index in [1.807, 2.05) is 29.2 Å². The molecule has 0 amide bonds. The third-order valence-corrected chi connectivity index (χ3v) is 3.17. The van der Waals surface area contributed by atoms with Crippen molar-refractivity contribution in [3.05, 3.63) is 47.8 Å². The maximum atomic E-state index is 11.4. The van der Waals surface area contributed by atoms with Gasteiger partial charge in [-0.15, -0.1) is 0 Å². The van der Waals surface area contributed by atoms with Gasteiger partial charge in [0.25, 0.3) is 0 Å². The molecular formula is C15H19N3O2. The van der Waals surface area contributed by atoms with E-state index in [0.29, 0.717) is 5.56 Å². The standard InChI is InChI=1S/C15H19N3O2/c1-4-18-10-13(9-16-18)11(2)17-14-7-5-12(6-8-14)15(19)20-3/h5-11,17H,4H2,1-3H3. The number of carbonyl (C=O) groups excluding carboxylic acids is 1. The molecule has 0 fully saturated rings. The zero-order chi connectivity index (χ0) is 14.5. The normalized spacial score (nSPS) is 11.9. The Hall–Kier alpha value is -2.30. The summed E-state index contributed by atoms with van der Waals surface area (Å²) in [6.45, 7) is 4.99. The number of nitrogens with zero attached hydrogens (tertiary/aromatic N) is 2. The van der Waals surface area contributed by atoms with Crippen LogP contribution in [-0.2, 0) is 11.3 Å². The Kier molecular flexibility index (Phi) is 4.40. The van der Waals surface area contributed by atoms with Crippen molar-refractivity contribution in [1.82, 2.24) is 9.78 Å². The van der Waals surface area contributed by atoms with Gasteiger partial charge in [0.1, 0.15) is 0 Å². The highest BCUT2D eigenvalue weighted by atomic mass is 16.5. The lowest BCUT2D eigenvalue weighted by atomic mass is 10.1. The number of carbonyl (C=O) groups is 1. The first-order valence-electron chi connectivity index (χ1n) is 6.61. The van der Waals surface area contributed by atoms with Crippen molar-refractivity contribution in [2.75, 3.05) is 12.4 Å². The molecule has 20 heavy (non-hydrogen) atoms. The highest BCUT2D eigenvalue weighted by Gasteiger charge is 2.09. The van der Waals surface area contributed by atoms with E-state index in [1.165, 1.54) is 7.11 Å². The number of ether oxygens (including phenoxy) is 1. The molecule has 1 N–H and O–H groups in total. The highest BCUT2D eigenvalue weighted by Crippen LogP contribution is 2.19. The summed E-state index contributed by atoms with van der Waals surface area (Å²) in [6, 6.07) is 7.38. The quantitative estimate of drug-likeness (QED) is 0.851. The number of esters is 1. The van der Waals surface area contributed by atoms with Crippen LogP contribution >= 0.6 is 0 Å². The minimum atomic E-state index is -0.325. The van der Waals surface area contributed by atoms with Gasteiger partial charge in [0.2, 0.25) is 0 Å². The van der Waals surface area contributed by atoms with Gasteiger partial charge in [-0.3, -0.25) is 4.68 Å². The van der Waals surface area contributed by atoms with Crippen LogP contribution in [0.25, 0.3) is 0 Å². The van der Waals surface area contributed by atoms with Crippen LogP contribution in [0.3, 0.4) is 0 Å². The van der Waals surface area contributed by atoms with Gasteiger partial charge in [-0.25, -0.2) is 4.79 Å². The average Bonchev–Trinajstić information content (AvgIpc) is 2.96. The number of nitrogens with one attached hydrogen (secondary N) is 1. The van der Waals surface area contributed by atoms with Gasteiger partial charge in [-0.05, 0) is 38.1 Å². The molecular weight excluding hydrogens is 254 g/mol. The molecule has 1 unspecified atom stereocenters. The summed E-state index contributed by atoms with van der Waals surface area (Å²) < 4.78 is 6.57. The van der Waals surface area contributed by atoms with Crippen LogP contribution in [0.1, 0.15) is 35.8 Å². The lowest BCUT2D eigenvalue weighted by molar-refractivity contribution is 0.0601. The molecule has 1 aromatic carbocycles. The van der Waals surface area contributed by atoms with Crippen LogP contribution in [-0.4, -0.2) is 22.9 Å². The lowest BCUT2D eigenvalue weighted by Gasteiger charge is -2.13. The molecule has 0 saturated carbocycles. The first kappa shape index (κ1) is 14.1. The fourth-order valence-electron chi connectivity index (χ4n) is 1.93. The Morgan fingerprint density at radius 1 is 1.40 bits per heavy atom. The van der Waals surface area contributed by atoms with E-state index in [0.717, 1.165) is 17.8 Å². The van der Waals surface area contributed by atoms with Crippen molar-refractivity contribution in [2.45, 2.75) is 26.4 Å². The number of hydrogen-bond donors (Lipinski definition) is 1. The highest BCUT2D eigenvalue weighted by molar-refractivity contribution is 5.89. The van der Waals surface area contributed by atoms with Crippen molar-refractivity contribution in [3.8, 4) is 0 Å². The van der Waals surface area contributed by atoms with Crippen molar-refractivity contribution >= 4 is 11.7 Å². The molecule has 106 valence electrons. The molecule has 0 aliphatic heterocycles. The molecule has 5 nitrogen and oxygen atoms in total. The summed E-state index contributed by atoms with van der Waals surface area (Å²) >= 11 is 0. The Labute approximate surface area is 118 Å². The molecule has 5 heteroatoms. The van der Waals surface area contributed by atoms with Gasteiger partial charge in [0.15, 0.2) is 0 Å². The SMILES string of the molecule is CCn1cc(C(C)Nc2ccc(C(=O)OC)cc2)cn1. The van der Waals surface area contributed by atoms with Gasteiger partial charge in [-0.2, -0.15) is 5.10 Å². The summed E-state index contributed by atoms with van der Waals surface area (Å²) in [5.74, 6) is -0.325. The van der Waals surface area contributed by atoms with Crippen LogP contribution in [0.15, 0.2) is 36.7 Å². The monoisotopic (exact) mass is 273 g/mol. The Morgan fingerprint density at radius 3 is 2.65 bits per heavy atom. The van der Waals surface area contributed by atoms with E-state index in [9.17, 15) is 4.79 Å². The molecule has 0 bridgehead atoms. The fraction of sp³-hybridized carbons (Fsp3) is 0.333. The number of methoxy groups -OCH3 is 1. The second kappa shape index (κ2) is 6.23. The number of anilines is 1. The predicted molar refractivity (Wildman–Crippen MR) is 77.7 cm³/mol. The number of rotatable bonds is 5. The summed E-state index contributed by atoms with van der Waals surface area (Å²) in [5.41, 5.74) is 2.63. The van der Waals surface area contributed by atoms with Crippen LogP contribution < -0.4 is 5.32 Å². The molecule has 1 atom stereocenters. The smallest absolute Gasteiger partial charge is 0.337 e. The number of benzene rings is 1. The van der Waals surface area contributed by atoms with Crippen molar-refractivity contribution in [1.29, 1.82) is 0 Å². The van der Waals surface area contributed by atoms with Gasteiger partial charge in [0.05, 0.1) is 24.9 Å². The molecule has 0 aliphatic rings. The van der Waals surface area contributed by atoms with Crippen molar-refractivity contribution in [2.24, 2.45) is 0 Å². The topological polar surface area (TPSA) is 56.2 Å². The average molecular weight is 273 g/mol. The van der Waals surface area contributed by atoms with E-state index in [4.69, 9.17) is 0 Å². The maximum Gasteiger partial charge on any atom is 0.337 e. The summed E-state index contributed by atoms with van der Waals surface area (Å²) in [6.07, 6.45) is 3.89. The van der Waals surface area contributed by atoms with E-state index in [1.54, 1.807) is 12.1 Å². The Balaban J connectivity index is 2.04. The van der Waals surface area contributed by atoms with E-state index >= 15 is 0 Å². The number of hydrogen-bond acceptors (Lipinski definition) is 4. The number of aromatic nitrogens is 2. The molecule has 0 spiro atoms. The van der Waals surface area contributed by atoms with Crippen LogP contribution in [0, 0.1) is 0 Å². The van der Waals surface area contributed by atoms with Crippen LogP contribution in [0.2, 0.25) is 0 Å². The lowest BCUT2D eigenvalue weighted by Crippen LogP contribution is -2.06. The van der Waals surface area contributed by atoms with E-state index in [2.05, 4.69) is 29.0 Å². The summed E-state index contributed by atoms with van der Waals surface area (Å²) in [4.78, 5) is 11.4. The molecule has 0 aliphatic carbocycles. The Morgan fingerprint density at radius 2 is 2.10 bits per heavy atom. The third-order valence-electron chi connectivity index (χ3n) is 3.17. The van der Waals surface area contributed by atoms with Gasteiger partial charge < -0.3 is 10.1 Å². The largest absolute Gasteiger partial charge is 0.465 e. The molecule has 0 saturated heterocycles. The predicted octanol–water partition coefficient (Wildman–Crippen LogP) is 2.86. The third kappa shape index (κ3) is 3.17. The van der Waals surface area contributed by atoms with Crippen LogP contribution in [0.4, 0.5) is 5.69 Å². The van der Waals surface area contributed by atoms with Gasteiger partial charge >= 0.3 is 5.97 Å². The van der Waals surface area contributed by atoms with Gasteiger partial charge in [0, 0.05) is 24.0 Å². The first-order chi connectivity index (χ1) is 9.63. The minimum Gasteiger partial charge on any atom is -0.465 e. The maximum absolute atomic E-state index is 11.4. The molecule has 2 rings (SSSR count). The zero-order valence-electron chi connectivity index (χ0n) is 12.0. The van der Waals surface area contributed by atoms with Crippen LogP contribution in [0.5, 0.6) is 0 Å². The number of aryl methyl sites for hydroxylation is 1. The van der Waals surface area contributed by atoms with Crippen molar-refractivity contribution in [3.63, 3.8) is 0 Å². The van der Waals surface area contributed by atoms with E-state index in [-0.39, 0.29) is 12.0 Å². The van der Waals surface area contributed by atoms with Crippen molar-refractivity contribution < 1.29 is 9.53 Å². The molecule has 0 radical (unpaired) electrons. The van der Waals surface area contributed by atoms with E-state index < -0.39 is 0 Å². The second-order valence-electron chi connectivity index (χ2n) is 4.56. The molecule has 1 aromatic heterocycles. The Bertz CT molecular complexity index is 575. The second-order valence-corrected chi connectivity index (χ2v) is 4.56.